The Morgan fingerprint density at radius 2 is 2.17 bits per heavy atom. The van der Waals surface area contributed by atoms with Gasteiger partial charge in [0, 0.05) is 33.2 Å². The van der Waals surface area contributed by atoms with Crippen molar-refractivity contribution in [2.45, 2.75) is 32.5 Å². The molecule has 2 heterocycles. The number of nitroso groups, excluding NO2 is 1. The maximum atomic E-state index is 14.2. The Morgan fingerprint density at radius 1 is 1.45 bits per heavy atom. The molecule has 1 aromatic heterocycles. The van der Waals surface area contributed by atoms with E-state index in [1.165, 1.54) is 13.0 Å². The van der Waals surface area contributed by atoms with Crippen LogP contribution in [-0.4, -0.2) is 40.9 Å². The molecule has 0 radical (unpaired) electrons. The Morgan fingerprint density at radius 3 is 2.83 bits per heavy atom. The highest BCUT2D eigenvalue weighted by atomic mass is 19.2. The first-order valence-electron chi connectivity index (χ1n) is 9.08. The second-order valence-electron chi connectivity index (χ2n) is 7.17. The lowest BCUT2D eigenvalue weighted by Gasteiger charge is -2.26. The van der Waals surface area contributed by atoms with Crippen molar-refractivity contribution in [3.05, 3.63) is 50.2 Å². The highest BCUT2D eigenvalue weighted by Crippen LogP contribution is 2.23. The number of carbonyl (C=O) groups is 1. The molecule has 1 fully saturated rings. The highest BCUT2D eigenvalue weighted by Gasteiger charge is 2.37. The summed E-state index contributed by atoms with van der Waals surface area (Å²) < 4.78 is 28.4. The number of amides is 1. The molecule has 2 unspecified atom stereocenters. The van der Waals surface area contributed by atoms with Gasteiger partial charge in [0.15, 0.2) is 17.7 Å². The summed E-state index contributed by atoms with van der Waals surface area (Å²) >= 11 is 0. The third-order valence-electron chi connectivity index (χ3n) is 5.28. The zero-order valence-electron chi connectivity index (χ0n) is 15.9. The van der Waals surface area contributed by atoms with Gasteiger partial charge in [-0.2, -0.15) is 5.26 Å². The second-order valence-corrected chi connectivity index (χ2v) is 7.17. The Bertz CT molecular complexity index is 1090. The first-order valence-corrected chi connectivity index (χ1v) is 9.08. The van der Waals surface area contributed by atoms with Crippen LogP contribution in [0.2, 0.25) is 0 Å². The molecule has 1 aliphatic rings. The van der Waals surface area contributed by atoms with E-state index in [0.29, 0.717) is 11.3 Å². The van der Waals surface area contributed by atoms with Gasteiger partial charge < -0.3 is 10.3 Å². The number of aromatic amines is 1. The van der Waals surface area contributed by atoms with Crippen LogP contribution in [0.3, 0.4) is 0 Å². The number of pyridine rings is 1. The lowest BCUT2D eigenvalue weighted by Crippen LogP contribution is -2.54. The molecule has 3 N–H and O–H groups in total. The van der Waals surface area contributed by atoms with Crippen LogP contribution in [0.4, 0.5) is 8.78 Å². The number of carbonyl (C=O) groups excluding carboxylic acids is 1. The molecule has 29 heavy (non-hydrogen) atoms. The number of benzene rings is 1. The van der Waals surface area contributed by atoms with Crippen LogP contribution in [0, 0.1) is 40.7 Å². The number of hydrogen-bond donors (Lipinski definition) is 3. The van der Waals surface area contributed by atoms with Crippen LogP contribution in [0.5, 0.6) is 0 Å². The normalized spacial score (nSPS) is 20.3. The third-order valence-corrected chi connectivity index (χ3v) is 5.28. The maximum Gasteiger partial charge on any atom is 0.341 e. The van der Waals surface area contributed by atoms with Crippen molar-refractivity contribution in [1.82, 2.24) is 15.6 Å². The minimum atomic E-state index is -1.08. The maximum absolute atomic E-state index is 14.2. The number of nitriles is 1. The molecule has 0 spiro atoms. The summed E-state index contributed by atoms with van der Waals surface area (Å²) in [5.74, 6) is -2.84. The van der Waals surface area contributed by atoms with Crippen molar-refractivity contribution in [1.29, 1.82) is 5.26 Å². The largest absolute Gasteiger partial charge is 0.353 e. The number of hydrogen-bond acceptors (Lipinski definition) is 5. The molecule has 0 bridgehead atoms. The van der Waals surface area contributed by atoms with Gasteiger partial charge in [-0.25, -0.2) is 14.1 Å². The minimum absolute atomic E-state index is 0.0449. The van der Waals surface area contributed by atoms with E-state index in [-0.39, 0.29) is 40.9 Å². The van der Waals surface area contributed by atoms with E-state index in [0.717, 1.165) is 6.07 Å². The number of fused-ring (bicyclic) bond motifs is 1. The van der Waals surface area contributed by atoms with Gasteiger partial charge in [-0.05, 0) is 31.5 Å². The van der Waals surface area contributed by atoms with Gasteiger partial charge in [0.05, 0.1) is 17.9 Å². The first-order chi connectivity index (χ1) is 13.7. The molecule has 0 saturated carbocycles. The van der Waals surface area contributed by atoms with E-state index in [1.807, 2.05) is 6.07 Å². The SMILES string of the molecule is Cc1c(CC(=O)N[C@@H](C)C2CNC(C#N)[N+](=O)C2)c(=O)[nH]c2ccc(F)c(F)c12. The number of halogens is 2. The average molecular weight is 404 g/mol. The summed E-state index contributed by atoms with van der Waals surface area (Å²) in [6.07, 6.45) is -1.23. The van der Waals surface area contributed by atoms with E-state index >= 15 is 0 Å². The fourth-order valence-corrected chi connectivity index (χ4v) is 3.55. The van der Waals surface area contributed by atoms with Crippen LogP contribution in [0.25, 0.3) is 10.9 Å². The zero-order valence-corrected chi connectivity index (χ0v) is 15.9. The molecule has 8 nitrogen and oxygen atoms in total. The summed E-state index contributed by atoms with van der Waals surface area (Å²) in [4.78, 5) is 39.1. The Labute approximate surface area is 164 Å². The first kappa shape index (κ1) is 20.5. The zero-order chi connectivity index (χ0) is 21.3. The van der Waals surface area contributed by atoms with Gasteiger partial charge in [-0.15, -0.1) is 0 Å². The van der Waals surface area contributed by atoms with Gasteiger partial charge in [0.25, 0.3) is 5.56 Å². The Kier molecular flexibility index (Phi) is 5.70. The summed E-state index contributed by atoms with van der Waals surface area (Å²) in [5, 5.41) is 14.3. The van der Waals surface area contributed by atoms with Crippen LogP contribution >= 0.6 is 0 Å². The van der Waals surface area contributed by atoms with Crippen molar-refractivity contribution in [3.8, 4) is 6.07 Å². The monoisotopic (exact) mass is 404 g/mol. The lowest BCUT2D eigenvalue weighted by molar-refractivity contribution is -0.594. The van der Waals surface area contributed by atoms with E-state index in [9.17, 15) is 23.3 Å². The van der Waals surface area contributed by atoms with Gasteiger partial charge in [-0.1, -0.05) is 0 Å². The number of aryl methyl sites for hydroxylation is 1. The average Bonchev–Trinajstić information content (AvgIpc) is 2.67. The molecule has 1 saturated heterocycles. The molecule has 152 valence electrons. The summed E-state index contributed by atoms with van der Waals surface area (Å²) in [7, 11) is 0. The van der Waals surface area contributed by atoms with Crippen LogP contribution in [0.15, 0.2) is 16.9 Å². The van der Waals surface area contributed by atoms with E-state index in [2.05, 4.69) is 15.6 Å². The summed E-state index contributed by atoms with van der Waals surface area (Å²) in [6.45, 7) is 3.64. The Hall–Kier alpha value is -3.19. The fraction of sp³-hybridized carbons (Fsp3) is 0.421. The molecular formula is C19H20F2N5O3+. The number of nitrogens with zero attached hydrogens (tertiary/aromatic N) is 2. The number of rotatable bonds is 4. The predicted molar refractivity (Wildman–Crippen MR) is 99.9 cm³/mol. The third kappa shape index (κ3) is 4.00. The topological polar surface area (TPSA) is 118 Å². The molecule has 1 aromatic carbocycles. The van der Waals surface area contributed by atoms with Crippen LogP contribution in [-0.2, 0) is 11.2 Å². The van der Waals surface area contributed by atoms with Crippen molar-refractivity contribution in [2.24, 2.45) is 5.92 Å². The molecule has 10 heteroatoms. The van der Waals surface area contributed by atoms with E-state index in [4.69, 9.17) is 5.26 Å². The molecule has 1 aliphatic heterocycles. The van der Waals surface area contributed by atoms with Gasteiger partial charge in [-0.3, -0.25) is 9.59 Å². The molecular weight excluding hydrogens is 384 g/mol. The quantitative estimate of drug-likeness (QED) is 0.658. The van der Waals surface area contributed by atoms with Gasteiger partial charge >= 0.3 is 6.17 Å². The van der Waals surface area contributed by atoms with Crippen molar-refractivity contribution >= 4 is 16.8 Å². The standard InChI is InChI=1S/C19H19F2N5O3/c1-9-12(19(28)25-14-4-3-13(20)18(21)17(9)14)5-16(27)24-10(2)11-7-23-15(6-22)26(29)8-11/h3-4,10-11,15,23H,5,7-8H2,1-2H3,(H-,24,25,27,28)/p+1/t10-,11?,15?/m0/s1. The van der Waals surface area contributed by atoms with Gasteiger partial charge in [0.1, 0.15) is 0 Å². The lowest BCUT2D eigenvalue weighted by atomic mass is 9.97. The second kappa shape index (κ2) is 8.05. The van der Waals surface area contributed by atoms with E-state index in [1.54, 1.807) is 6.92 Å². The van der Waals surface area contributed by atoms with E-state index < -0.39 is 35.3 Å². The van der Waals surface area contributed by atoms with Crippen LogP contribution < -0.4 is 16.2 Å². The smallest absolute Gasteiger partial charge is 0.341 e. The number of H-pyrrole nitrogens is 1. The summed E-state index contributed by atoms with van der Waals surface area (Å²) in [6, 6.07) is 3.64. The van der Waals surface area contributed by atoms with Crippen molar-refractivity contribution in [2.75, 3.05) is 13.1 Å². The highest BCUT2D eigenvalue weighted by molar-refractivity contribution is 5.86. The molecule has 3 rings (SSSR count). The minimum Gasteiger partial charge on any atom is -0.353 e. The molecule has 0 aliphatic carbocycles. The summed E-state index contributed by atoms with van der Waals surface area (Å²) in [5.41, 5.74) is -0.153. The fourth-order valence-electron chi connectivity index (χ4n) is 3.55. The Balaban J connectivity index is 1.77. The van der Waals surface area contributed by atoms with Gasteiger partial charge in [0.2, 0.25) is 12.5 Å². The predicted octanol–water partition coefficient (Wildman–Crippen LogP) is 1.01. The number of nitrogens with one attached hydrogen (secondary N) is 3. The molecule has 3 atom stereocenters. The van der Waals surface area contributed by atoms with Crippen molar-refractivity contribution in [3.63, 3.8) is 0 Å². The van der Waals surface area contributed by atoms with Crippen LogP contribution in [0.1, 0.15) is 18.1 Å². The molecule has 1 amide bonds. The molecule has 2 aromatic rings. The number of aromatic nitrogens is 1. The van der Waals surface area contributed by atoms with Crippen molar-refractivity contribution < 1.29 is 18.3 Å².